The van der Waals surface area contributed by atoms with E-state index in [4.69, 9.17) is 0 Å². The molecule has 86 valence electrons. The lowest BCUT2D eigenvalue weighted by atomic mass is 10.0. The fourth-order valence-electron chi connectivity index (χ4n) is 1.82. The van der Waals surface area contributed by atoms with Gasteiger partial charge in [-0.1, -0.05) is 48.5 Å². The van der Waals surface area contributed by atoms with Gasteiger partial charge in [0, 0.05) is 24.7 Å². The van der Waals surface area contributed by atoms with E-state index in [0.717, 1.165) is 16.8 Å². The highest BCUT2D eigenvalue weighted by atomic mass is 16.1. The third-order valence-electron chi connectivity index (χ3n) is 2.73. The first kappa shape index (κ1) is 11.4. The SMILES string of the molecule is CNc1ccccc1CC(=O)c1ccccc1. The minimum Gasteiger partial charge on any atom is -0.388 e. The second-order valence-corrected chi connectivity index (χ2v) is 3.87. The first-order valence-electron chi connectivity index (χ1n) is 5.65. The van der Waals surface area contributed by atoms with Crippen LogP contribution in [-0.2, 0) is 6.42 Å². The third kappa shape index (κ3) is 2.72. The largest absolute Gasteiger partial charge is 0.388 e. The quantitative estimate of drug-likeness (QED) is 0.810. The molecular formula is C15H15NO. The summed E-state index contributed by atoms with van der Waals surface area (Å²) in [5.41, 5.74) is 2.80. The molecular weight excluding hydrogens is 210 g/mol. The topological polar surface area (TPSA) is 29.1 Å². The van der Waals surface area contributed by atoms with Crippen LogP contribution in [0.1, 0.15) is 15.9 Å². The molecule has 2 aromatic carbocycles. The standard InChI is InChI=1S/C15H15NO/c1-16-14-10-6-5-9-13(14)11-15(17)12-7-3-2-4-8-12/h2-10,16H,11H2,1H3. The van der Waals surface area contributed by atoms with E-state index in [9.17, 15) is 4.79 Å². The molecule has 0 aliphatic carbocycles. The van der Waals surface area contributed by atoms with Gasteiger partial charge in [0.1, 0.15) is 0 Å². The van der Waals surface area contributed by atoms with Gasteiger partial charge in [-0.25, -0.2) is 0 Å². The molecule has 0 atom stereocenters. The molecule has 0 heterocycles. The number of nitrogens with one attached hydrogen (secondary N) is 1. The normalized spacial score (nSPS) is 9.94. The van der Waals surface area contributed by atoms with E-state index in [2.05, 4.69) is 5.32 Å². The van der Waals surface area contributed by atoms with E-state index >= 15 is 0 Å². The molecule has 2 aromatic rings. The first-order chi connectivity index (χ1) is 8.31. The average Bonchev–Trinajstić information content (AvgIpc) is 2.40. The maximum atomic E-state index is 12.1. The van der Waals surface area contributed by atoms with Crippen LogP contribution in [0.4, 0.5) is 5.69 Å². The number of hydrogen-bond donors (Lipinski definition) is 1. The van der Waals surface area contributed by atoms with Crippen molar-refractivity contribution in [1.29, 1.82) is 0 Å². The van der Waals surface area contributed by atoms with E-state index < -0.39 is 0 Å². The van der Waals surface area contributed by atoms with E-state index in [0.29, 0.717) is 6.42 Å². The Balaban J connectivity index is 2.19. The molecule has 0 aliphatic rings. The monoisotopic (exact) mass is 225 g/mol. The lowest BCUT2D eigenvalue weighted by Gasteiger charge is -2.07. The Morgan fingerprint density at radius 2 is 1.65 bits per heavy atom. The van der Waals surface area contributed by atoms with Crippen molar-refractivity contribution in [2.75, 3.05) is 12.4 Å². The minimum atomic E-state index is 0.147. The summed E-state index contributed by atoms with van der Waals surface area (Å²) in [5.74, 6) is 0.147. The summed E-state index contributed by atoms with van der Waals surface area (Å²) in [5, 5.41) is 3.10. The molecule has 2 heteroatoms. The van der Waals surface area contributed by atoms with Gasteiger partial charge in [-0.3, -0.25) is 4.79 Å². The number of carbonyl (C=O) groups is 1. The minimum absolute atomic E-state index is 0.147. The first-order valence-corrected chi connectivity index (χ1v) is 5.65. The molecule has 0 unspecified atom stereocenters. The molecule has 0 radical (unpaired) electrons. The van der Waals surface area contributed by atoms with Crippen molar-refractivity contribution in [3.63, 3.8) is 0 Å². The number of para-hydroxylation sites is 1. The van der Waals surface area contributed by atoms with Crippen LogP contribution in [0.5, 0.6) is 0 Å². The molecule has 17 heavy (non-hydrogen) atoms. The molecule has 0 bridgehead atoms. The van der Waals surface area contributed by atoms with Crippen molar-refractivity contribution >= 4 is 11.5 Å². The average molecular weight is 225 g/mol. The van der Waals surface area contributed by atoms with Gasteiger partial charge in [-0.2, -0.15) is 0 Å². The van der Waals surface area contributed by atoms with E-state index in [-0.39, 0.29) is 5.78 Å². The van der Waals surface area contributed by atoms with Gasteiger partial charge in [-0.05, 0) is 11.6 Å². The highest BCUT2D eigenvalue weighted by Crippen LogP contribution is 2.16. The number of benzene rings is 2. The smallest absolute Gasteiger partial charge is 0.167 e. The zero-order valence-corrected chi connectivity index (χ0v) is 9.81. The number of ketones is 1. The number of hydrogen-bond acceptors (Lipinski definition) is 2. The van der Waals surface area contributed by atoms with Crippen LogP contribution < -0.4 is 5.32 Å². The van der Waals surface area contributed by atoms with Crippen LogP contribution in [0.25, 0.3) is 0 Å². The van der Waals surface area contributed by atoms with Gasteiger partial charge in [-0.15, -0.1) is 0 Å². The van der Waals surface area contributed by atoms with Crippen LogP contribution >= 0.6 is 0 Å². The highest BCUT2D eigenvalue weighted by molar-refractivity contribution is 5.98. The van der Waals surface area contributed by atoms with Crippen molar-refractivity contribution in [3.05, 3.63) is 65.7 Å². The predicted octanol–water partition coefficient (Wildman–Crippen LogP) is 3.15. The Bertz CT molecular complexity index is 505. The van der Waals surface area contributed by atoms with Gasteiger partial charge in [0.15, 0.2) is 5.78 Å². The molecule has 0 saturated heterocycles. The van der Waals surface area contributed by atoms with E-state index in [1.54, 1.807) is 0 Å². The zero-order chi connectivity index (χ0) is 12.1. The molecule has 1 N–H and O–H groups in total. The summed E-state index contributed by atoms with van der Waals surface area (Å²) in [6.45, 7) is 0. The van der Waals surface area contributed by atoms with Crippen LogP contribution in [-0.4, -0.2) is 12.8 Å². The van der Waals surface area contributed by atoms with Gasteiger partial charge in [0.2, 0.25) is 0 Å². The summed E-state index contributed by atoms with van der Waals surface area (Å²) >= 11 is 0. The Morgan fingerprint density at radius 3 is 2.35 bits per heavy atom. The van der Waals surface area contributed by atoms with Crippen molar-refractivity contribution in [1.82, 2.24) is 0 Å². The second-order valence-electron chi connectivity index (χ2n) is 3.87. The van der Waals surface area contributed by atoms with E-state index in [1.807, 2.05) is 61.6 Å². The second kappa shape index (κ2) is 5.30. The molecule has 0 saturated carbocycles. The third-order valence-corrected chi connectivity index (χ3v) is 2.73. The van der Waals surface area contributed by atoms with Gasteiger partial charge in [0.25, 0.3) is 0 Å². The molecule has 2 rings (SSSR count). The van der Waals surface area contributed by atoms with Gasteiger partial charge >= 0.3 is 0 Å². The van der Waals surface area contributed by atoms with Gasteiger partial charge in [0.05, 0.1) is 0 Å². The van der Waals surface area contributed by atoms with Crippen molar-refractivity contribution in [2.45, 2.75) is 6.42 Å². The number of Topliss-reactive ketones (excluding diaryl/α,β-unsaturated/α-hetero) is 1. The number of carbonyl (C=O) groups excluding carboxylic acids is 1. The van der Waals surface area contributed by atoms with E-state index in [1.165, 1.54) is 0 Å². The highest BCUT2D eigenvalue weighted by Gasteiger charge is 2.08. The summed E-state index contributed by atoms with van der Waals surface area (Å²) in [7, 11) is 1.87. The summed E-state index contributed by atoms with van der Waals surface area (Å²) in [6.07, 6.45) is 0.432. The predicted molar refractivity (Wildman–Crippen MR) is 70.5 cm³/mol. The van der Waals surface area contributed by atoms with Gasteiger partial charge < -0.3 is 5.32 Å². The van der Waals surface area contributed by atoms with Crippen LogP contribution in [0.2, 0.25) is 0 Å². The molecule has 0 amide bonds. The number of rotatable bonds is 4. The maximum absolute atomic E-state index is 12.1. The summed E-state index contributed by atoms with van der Waals surface area (Å²) in [4.78, 5) is 12.1. The fraction of sp³-hybridized carbons (Fsp3) is 0.133. The molecule has 0 fully saturated rings. The van der Waals surface area contributed by atoms with Crippen molar-refractivity contribution in [3.8, 4) is 0 Å². The Hall–Kier alpha value is -2.09. The van der Waals surface area contributed by atoms with Crippen LogP contribution in [0, 0.1) is 0 Å². The maximum Gasteiger partial charge on any atom is 0.167 e. The fourth-order valence-corrected chi connectivity index (χ4v) is 1.82. The summed E-state index contributed by atoms with van der Waals surface area (Å²) in [6, 6.07) is 17.3. The Morgan fingerprint density at radius 1 is 1.00 bits per heavy atom. The van der Waals surface area contributed by atoms with Crippen molar-refractivity contribution < 1.29 is 4.79 Å². The molecule has 2 nitrogen and oxygen atoms in total. The molecule has 0 aromatic heterocycles. The molecule has 0 spiro atoms. The molecule has 0 aliphatic heterocycles. The summed E-state index contributed by atoms with van der Waals surface area (Å²) < 4.78 is 0. The number of anilines is 1. The Labute approximate surface area is 101 Å². The van der Waals surface area contributed by atoms with Crippen LogP contribution in [0.3, 0.4) is 0 Å². The zero-order valence-electron chi connectivity index (χ0n) is 9.81. The lowest BCUT2D eigenvalue weighted by Crippen LogP contribution is -2.05. The Kier molecular flexibility index (Phi) is 3.55. The lowest BCUT2D eigenvalue weighted by molar-refractivity contribution is 0.0993. The van der Waals surface area contributed by atoms with Crippen LogP contribution in [0.15, 0.2) is 54.6 Å². The van der Waals surface area contributed by atoms with Crippen molar-refractivity contribution in [2.24, 2.45) is 0 Å².